The van der Waals surface area contributed by atoms with Crippen LogP contribution in [0.25, 0.3) is 0 Å². The van der Waals surface area contributed by atoms with E-state index in [1.807, 2.05) is 0 Å². The topological polar surface area (TPSA) is 59.6 Å². The van der Waals surface area contributed by atoms with E-state index in [1.54, 1.807) is 6.92 Å². The Morgan fingerprint density at radius 1 is 1.29 bits per heavy atom. The third-order valence-corrected chi connectivity index (χ3v) is 2.47. The van der Waals surface area contributed by atoms with Gasteiger partial charge in [-0.05, 0) is 31.2 Å². The van der Waals surface area contributed by atoms with Crippen molar-refractivity contribution < 1.29 is 27.4 Å². The molecule has 1 aromatic carbocycles. The lowest BCUT2D eigenvalue weighted by atomic mass is 10.2. The monoisotopic (exact) mass is 306 g/mol. The van der Waals surface area contributed by atoms with Crippen LogP contribution in [0, 0.1) is 0 Å². The summed E-state index contributed by atoms with van der Waals surface area (Å²) in [5.41, 5.74) is 0.513. The van der Waals surface area contributed by atoms with Crippen molar-refractivity contribution in [3.05, 3.63) is 24.3 Å². The van der Waals surface area contributed by atoms with Crippen LogP contribution in [-0.2, 0) is 9.53 Å². The minimum atomic E-state index is -4.72. The molecule has 1 aromatic rings. The number of nitrogens with one attached hydrogen (secondary N) is 2. The zero-order valence-electron chi connectivity index (χ0n) is 11.7. The first-order valence-corrected chi connectivity index (χ1v) is 6.21. The zero-order valence-corrected chi connectivity index (χ0v) is 11.7. The molecule has 118 valence electrons. The standard InChI is InChI=1S/C13H17F3N2O3/c1-9(12(19)17-7-8-20-2)18-10-3-5-11(6-4-10)21-13(14,15)16/h3-6,9,18H,7-8H2,1-2H3,(H,17,19). The van der Waals surface area contributed by atoms with Crippen LogP contribution in [0.3, 0.4) is 0 Å². The number of anilines is 1. The molecule has 1 amide bonds. The van der Waals surface area contributed by atoms with Crippen molar-refractivity contribution in [3.63, 3.8) is 0 Å². The van der Waals surface area contributed by atoms with Gasteiger partial charge in [-0.25, -0.2) is 0 Å². The molecule has 0 heterocycles. The van der Waals surface area contributed by atoms with Crippen molar-refractivity contribution in [2.45, 2.75) is 19.3 Å². The number of carbonyl (C=O) groups excluding carboxylic acids is 1. The lowest BCUT2D eigenvalue weighted by molar-refractivity contribution is -0.274. The van der Waals surface area contributed by atoms with Crippen LogP contribution in [0.2, 0.25) is 0 Å². The van der Waals surface area contributed by atoms with E-state index < -0.39 is 12.4 Å². The molecule has 0 aliphatic rings. The van der Waals surface area contributed by atoms with Crippen LogP contribution in [0.4, 0.5) is 18.9 Å². The molecule has 0 radical (unpaired) electrons. The maximum absolute atomic E-state index is 12.0. The molecule has 0 bridgehead atoms. The molecule has 8 heteroatoms. The second-order valence-corrected chi connectivity index (χ2v) is 4.22. The van der Waals surface area contributed by atoms with Crippen LogP contribution in [-0.4, -0.2) is 38.6 Å². The molecule has 0 aromatic heterocycles. The fourth-order valence-electron chi connectivity index (χ4n) is 1.50. The summed E-state index contributed by atoms with van der Waals surface area (Å²) in [7, 11) is 1.53. The second-order valence-electron chi connectivity index (χ2n) is 4.22. The van der Waals surface area contributed by atoms with Crippen LogP contribution in [0.15, 0.2) is 24.3 Å². The molecule has 5 nitrogen and oxygen atoms in total. The van der Waals surface area contributed by atoms with Crippen molar-refractivity contribution in [1.82, 2.24) is 5.32 Å². The summed E-state index contributed by atoms with van der Waals surface area (Å²) in [6.45, 7) is 2.43. The normalized spacial score (nSPS) is 12.6. The third kappa shape index (κ3) is 6.84. The molecule has 0 saturated carbocycles. The van der Waals surface area contributed by atoms with Crippen molar-refractivity contribution >= 4 is 11.6 Å². The number of benzene rings is 1. The van der Waals surface area contributed by atoms with Gasteiger partial charge in [0.05, 0.1) is 6.61 Å². The van der Waals surface area contributed by atoms with Crippen molar-refractivity contribution in [3.8, 4) is 5.75 Å². The molecular formula is C13H17F3N2O3. The summed E-state index contributed by atoms with van der Waals surface area (Å²) < 4.78 is 44.6. The van der Waals surface area contributed by atoms with Crippen molar-refractivity contribution in [2.24, 2.45) is 0 Å². The van der Waals surface area contributed by atoms with Gasteiger partial charge >= 0.3 is 6.36 Å². The fourth-order valence-corrected chi connectivity index (χ4v) is 1.50. The lowest BCUT2D eigenvalue weighted by Crippen LogP contribution is -2.39. The quantitative estimate of drug-likeness (QED) is 0.758. The molecule has 0 spiro atoms. The maximum Gasteiger partial charge on any atom is 0.573 e. The van der Waals surface area contributed by atoms with Crippen LogP contribution in [0.5, 0.6) is 5.75 Å². The number of hydrogen-bond acceptors (Lipinski definition) is 4. The number of methoxy groups -OCH3 is 1. The first kappa shape index (κ1) is 17.1. The van der Waals surface area contributed by atoms with Gasteiger partial charge in [-0.15, -0.1) is 13.2 Å². The highest BCUT2D eigenvalue weighted by atomic mass is 19.4. The van der Waals surface area contributed by atoms with E-state index in [4.69, 9.17) is 4.74 Å². The minimum Gasteiger partial charge on any atom is -0.406 e. The number of ether oxygens (including phenoxy) is 2. The fraction of sp³-hybridized carbons (Fsp3) is 0.462. The van der Waals surface area contributed by atoms with Crippen molar-refractivity contribution in [1.29, 1.82) is 0 Å². The summed E-state index contributed by atoms with van der Waals surface area (Å²) in [4.78, 5) is 11.7. The number of carbonyl (C=O) groups is 1. The van der Waals surface area contributed by atoms with Crippen LogP contribution < -0.4 is 15.4 Å². The summed E-state index contributed by atoms with van der Waals surface area (Å²) in [5.74, 6) is -0.548. The Labute approximate surface area is 120 Å². The Balaban J connectivity index is 2.49. The Kier molecular flexibility index (Phi) is 6.29. The van der Waals surface area contributed by atoms with E-state index in [9.17, 15) is 18.0 Å². The highest BCUT2D eigenvalue weighted by Crippen LogP contribution is 2.24. The average molecular weight is 306 g/mol. The van der Waals surface area contributed by atoms with E-state index in [2.05, 4.69) is 15.4 Å². The first-order chi connectivity index (χ1) is 9.81. The predicted molar refractivity (Wildman–Crippen MR) is 71.1 cm³/mol. The van der Waals surface area contributed by atoms with Gasteiger partial charge in [-0.1, -0.05) is 0 Å². The SMILES string of the molecule is COCCNC(=O)C(C)Nc1ccc(OC(F)(F)F)cc1. The molecule has 1 unspecified atom stereocenters. The molecule has 2 N–H and O–H groups in total. The Hall–Kier alpha value is -1.96. The van der Waals surface area contributed by atoms with Gasteiger partial charge in [-0.3, -0.25) is 4.79 Å². The summed E-state index contributed by atoms with van der Waals surface area (Å²) >= 11 is 0. The van der Waals surface area contributed by atoms with E-state index in [0.29, 0.717) is 18.8 Å². The van der Waals surface area contributed by atoms with E-state index in [1.165, 1.54) is 31.4 Å². The van der Waals surface area contributed by atoms with Gasteiger partial charge in [-0.2, -0.15) is 0 Å². The number of alkyl halides is 3. The number of halogens is 3. The smallest absolute Gasteiger partial charge is 0.406 e. The average Bonchev–Trinajstić information content (AvgIpc) is 2.39. The van der Waals surface area contributed by atoms with Gasteiger partial charge in [0.1, 0.15) is 11.8 Å². The lowest BCUT2D eigenvalue weighted by Gasteiger charge is -2.15. The minimum absolute atomic E-state index is 0.234. The number of rotatable bonds is 7. The van der Waals surface area contributed by atoms with Gasteiger partial charge < -0.3 is 20.1 Å². The summed E-state index contributed by atoms with van der Waals surface area (Å²) in [5, 5.41) is 5.52. The molecule has 21 heavy (non-hydrogen) atoms. The van der Waals surface area contributed by atoms with E-state index in [-0.39, 0.29) is 11.7 Å². The Morgan fingerprint density at radius 3 is 2.43 bits per heavy atom. The summed E-state index contributed by atoms with van der Waals surface area (Å²) in [6.07, 6.45) is -4.72. The molecule has 0 aliphatic carbocycles. The first-order valence-electron chi connectivity index (χ1n) is 6.21. The molecule has 1 rings (SSSR count). The predicted octanol–water partition coefficient (Wildman–Crippen LogP) is 2.15. The van der Waals surface area contributed by atoms with Gasteiger partial charge in [0.2, 0.25) is 5.91 Å². The molecule has 0 saturated heterocycles. The van der Waals surface area contributed by atoms with Crippen molar-refractivity contribution in [2.75, 3.05) is 25.6 Å². The number of amides is 1. The molecular weight excluding hydrogens is 289 g/mol. The van der Waals surface area contributed by atoms with Gasteiger partial charge in [0, 0.05) is 19.3 Å². The highest BCUT2D eigenvalue weighted by Gasteiger charge is 2.30. The number of hydrogen-bond donors (Lipinski definition) is 2. The largest absolute Gasteiger partial charge is 0.573 e. The molecule has 0 aliphatic heterocycles. The van der Waals surface area contributed by atoms with E-state index >= 15 is 0 Å². The Morgan fingerprint density at radius 2 is 1.90 bits per heavy atom. The highest BCUT2D eigenvalue weighted by molar-refractivity contribution is 5.84. The van der Waals surface area contributed by atoms with Gasteiger partial charge in [0.25, 0.3) is 0 Å². The van der Waals surface area contributed by atoms with Crippen LogP contribution in [0.1, 0.15) is 6.92 Å². The summed E-state index contributed by atoms with van der Waals surface area (Å²) in [6, 6.07) is 4.62. The third-order valence-electron chi connectivity index (χ3n) is 2.47. The van der Waals surface area contributed by atoms with Gasteiger partial charge in [0.15, 0.2) is 0 Å². The molecule has 1 atom stereocenters. The molecule has 0 fully saturated rings. The second kappa shape index (κ2) is 7.72. The zero-order chi connectivity index (χ0) is 15.9. The van der Waals surface area contributed by atoms with Crippen LogP contribution >= 0.6 is 0 Å². The maximum atomic E-state index is 12.0. The van der Waals surface area contributed by atoms with E-state index in [0.717, 1.165) is 0 Å². The Bertz CT molecular complexity index is 449.